The smallest absolute Gasteiger partial charge is 0.176 e. The Morgan fingerprint density at radius 2 is 2.08 bits per heavy atom. The number of hydrogen-bond donors (Lipinski definition) is 1. The maximum absolute atomic E-state index is 11.0. The summed E-state index contributed by atoms with van der Waals surface area (Å²) in [6, 6.07) is 7.19. The monoisotopic (exact) mass is 243 g/mol. The van der Waals surface area contributed by atoms with Crippen LogP contribution in [-0.2, 0) is 0 Å². The average molecular weight is 244 g/mol. The molecule has 0 amide bonds. The van der Waals surface area contributed by atoms with Gasteiger partial charge >= 0.3 is 0 Å². The van der Waals surface area contributed by atoms with Crippen LogP contribution in [0.15, 0.2) is 28.7 Å². The van der Waals surface area contributed by atoms with Crippen molar-refractivity contribution in [3.05, 3.63) is 34.3 Å². The number of nitrogens with two attached hydrogens (primary N) is 1. The Balaban J connectivity index is 0.000000671. The second-order valence-electron chi connectivity index (χ2n) is 2.14. The minimum Gasteiger partial charge on any atom is -0.324 e. The van der Waals surface area contributed by atoms with Gasteiger partial charge in [-0.2, -0.15) is 0 Å². The number of Topliss-reactive ketones (excluding diaryl/α,β-unsaturated/α-hetero) is 1. The average Bonchev–Trinajstić information content (AvgIpc) is 2.20. The normalized spacial score (nSPS) is 8.62. The van der Waals surface area contributed by atoms with Crippen molar-refractivity contribution in [2.75, 3.05) is 6.54 Å². The van der Waals surface area contributed by atoms with Crippen molar-refractivity contribution >= 4 is 21.7 Å². The van der Waals surface area contributed by atoms with Crippen molar-refractivity contribution in [3.63, 3.8) is 0 Å². The van der Waals surface area contributed by atoms with E-state index in [1.54, 1.807) is 12.1 Å². The van der Waals surface area contributed by atoms with Gasteiger partial charge < -0.3 is 5.73 Å². The second kappa shape index (κ2) is 6.80. The molecule has 0 atom stereocenters. The van der Waals surface area contributed by atoms with E-state index in [4.69, 9.17) is 5.73 Å². The molecule has 0 saturated carbocycles. The summed E-state index contributed by atoms with van der Waals surface area (Å²) in [6.07, 6.45) is 0. The lowest BCUT2D eigenvalue weighted by atomic mass is 10.1. The third-order valence-electron chi connectivity index (χ3n) is 1.33. The van der Waals surface area contributed by atoms with E-state index >= 15 is 0 Å². The SMILES string of the molecule is CC.NCC(=O)c1cccc(Br)c1. The molecule has 0 bridgehead atoms. The van der Waals surface area contributed by atoms with Gasteiger partial charge in [0.15, 0.2) is 5.78 Å². The highest BCUT2D eigenvalue weighted by Crippen LogP contribution is 2.11. The first-order valence-corrected chi connectivity index (χ1v) is 5.02. The van der Waals surface area contributed by atoms with E-state index < -0.39 is 0 Å². The molecule has 0 radical (unpaired) electrons. The summed E-state index contributed by atoms with van der Waals surface area (Å²) in [4.78, 5) is 11.0. The maximum Gasteiger partial charge on any atom is 0.176 e. The van der Waals surface area contributed by atoms with Crippen LogP contribution in [0.2, 0.25) is 0 Å². The van der Waals surface area contributed by atoms with Crippen LogP contribution < -0.4 is 5.73 Å². The summed E-state index contributed by atoms with van der Waals surface area (Å²) in [5, 5.41) is 0. The predicted octanol–water partition coefficient (Wildman–Crippen LogP) is 2.62. The fourth-order valence-electron chi connectivity index (χ4n) is 0.780. The lowest BCUT2D eigenvalue weighted by Gasteiger charge is -1.96. The van der Waals surface area contributed by atoms with Crippen molar-refractivity contribution in [1.29, 1.82) is 0 Å². The van der Waals surface area contributed by atoms with Gasteiger partial charge in [0.1, 0.15) is 0 Å². The molecule has 0 heterocycles. The Morgan fingerprint density at radius 3 is 2.54 bits per heavy atom. The van der Waals surface area contributed by atoms with Crippen LogP contribution in [0, 0.1) is 0 Å². The first-order valence-electron chi connectivity index (χ1n) is 4.23. The zero-order chi connectivity index (χ0) is 10.3. The molecule has 13 heavy (non-hydrogen) atoms. The Bertz CT molecular complexity index is 273. The van der Waals surface area contributed by atoms with Crippen LogP contribution in [0.5, 0.6) is 0 Å². The standard InChI is InChI=1S/C8H8BrNO.C2H6/c9-7-3-1-2-6(4-7)8(11)5-10;1-2/h1-4H,5,10H2;1-2H3. The zero-order valence-corrected chi connectivity index (χ0v) is 9.47. The molecule has 2 N–H and O–H groups in total. The van der Waals surface area contributed by atoms with E-state index in [-0.39, 0.29) is 12.3 Å². The minimum atomic E-state index is -0.0358. The van der Waals surface area contributed by atoms with Crippen LogP contribution in [0.3, 0.4) is 0 Å². The molecule has 0 aliphatic carbocycles. The number of carbonyl (C=O) groups excluding carboxylic acids is 1. The molecule has 0 saturated heterocycles. The van der Waals surface area contributed by atoms with E-state index in [1.807, 2.05) is 26.0 Å². The molecule has 3 heteroatoms. The minimum absolute atomic E-state index is 0.0358. The van der Waals surface area contributed by atoms with Gasteiger partial charge in [0, 0.05) is 10.0 Å². The number of carbonyl (C=O) groups is 1. The molecule has 1 aromatic rings. The van der Waals surface area contributed by atoms with Gasteiger partial charge in [0.05, 0.1) is 6.54 Å². The van der Waals surface area contributed by atoms with Gasteiger partial charge in [0.2, 0.25) is 0 Å². The lowest BCUT2D eigenvalue weighted by Crippen LogP contribution is -2.13. The molecule has 0 spiro atoms. The summed E-state index contributed by atoms with van der Waals surface area (Å²) < 4.78 is 0.900. The van der Waals surface area contributed by atoms with Gasteiger partial charge in [-0.05, 0) is 12.1 Å². The van der Waals surface area contributed by atoms with Crippen molar-refractivity contribution in [1.82, 2.24) is 0 Å². The summed E-state index contributed by atoms with van der Waals surface area (Å²) in [7, 11) is 0. The quantitative estimate of drug-likeness (QED) is 0.812. The molecule has 0 unspecified atom stereocenters. The summed E-state index contributed by atoms with van der Waals surface area (Å²) in [5.74, 6) is -0.0358. The van der Waals surface area contributed by atoms with E-state index in [0.29, 0.717) is 5.56 Å². The number of rotatable bonds is 2. The first-order chi connectivity index (χ1) is 6.24. The second-order valence-corrected chi connectivity index (χ2v) is 3.05. The van der Waals surface area contributed by atoms with Crippen LogP contribution in [-0.4, -0.2) is 12.3 Å². The van der Waals surface area contributed by atoms with Gasteiger partial charge in [0.25, 0.3) is 0 Å². The largest absolute Gasteiger partial charge is 0.324 e. The fourth-order valence-corrected chi connectivity index (χ4v) is 1.18. The third-order valence-corrected chi connectivity index (χ3v) is 1.83. The molecule has 0 aliphatic rings. The van der Waals surface area contributed by atoms with Crippen LogP contribution in [0.4, 0.5) is 0 Å². The van der Waals surface area contributed by atoms with Crippen LogP contribution in [0.25, 0.3) is 0 Å². The molecule has 1 rings (SSSR count). The number of ketones is 1. The van der Waals surface area contributed by atoms with E-state index in [9.17, 15) is 4.79 Å². The number of hydrogen-bond acceptors (Lipinski definition) is 2. The van der Waals surface area contributed by atoms with Gasteiger partial charge in [-0.3, -0.25) is 4.79 Å². The Labute approximate surface area is 87.3 Å². The molecule has 0 aromatic heterocycles. The predicted molar refractivity (Wildman–Crippen MR) is 58.9 cm³/mol. The van der Waals surface area contributed by atoms with E-state index in [2.05, 4.69) is 15.9 Å². The Kier molecular flexibility index (Phi) is 6.45. The highest BCUT2D eigenvalue weighted by molar-refractivity contribution is 9.10. The topological polar surface area (TPSA) is 43.1 Å². The molecule has 2 nitrogen and oxygen atoms in total. The number of halogens is 1. The van der Waals surface area contributed by atoms with Crippen molar-refractivity contribution < 1.29 is 4.79 Å². The van der Waals surface area contributed by atoms with Crippen molar-refractivity contribution in [2.24, 2.45) is 5.73 Å². The fraction of sp³-hybridized carbons (Fsp3) is 0.300. The van der Waals surface area contributed by atoms with E-state index in [1.165, 1.54) is 0 Å². The molecular weight excluding hydrogens is 230 g/mol. The van der Waals surface area contributed by atoms with Crippen LogP contribution >= 0.6 is 15.9 Å². The van der Waals surface area contributed by atoms with Crippen molar-refractivity contribution in [3.8, 4) is 0 Å². The molecule has 72 valence electrons. The molecule has 0 aliphatic heterocycles. The zero-order valence-electron chi connectivity index (χ0n) is 7.88. The van der Waals surface area contributed by atoms with Gasteiger partial charge in [-0.1, -0.05) is 41.9 Å². The van der Waals surface area contributed by atoms with Gasteiger partial charge in [-0.25, -0.2) is 0 Å². The summed E-state index contributed by atoms with van der Waals surface area (Å²) >= 11 is 3.27. The maximum atomic E-state index is 11.0. The lowest BCUT2D eigenvalue weighted by molar-refractivity contribution is 0.100. The third kappa shape index (κ3) is 4.20. The van der Waals surface area contributed by atoms with E-state index in [0.717, 1.165) is 4.47 Å². The highest BCUT2D eigenvalue weighted by atomic mass is 79.9. The molecular formula is C10H14BrNO. The summed E-state index contributed by atoms with van der Waals surface area (Å²) in [6.45, 7) is 4.07. The Morgan fingerprint density at radius 1 is 1.46 bits per heavy atom. The molecule has 0 fully saturated rings. The molecule has 1 aromatic carbocycles. The summed E-state index contributed by atoms with van der Waals surface area (Å²) in [5.41, 5.74) is 5.84. The van der Waals surface area contributed by atoms with Crippen LogP contribution in [0.1, 0.15) is 24.2 Å². The van der Waals surface area contributed by atoms with Gasteiger partial charge in [-0.15, -0.1) is 0 Å². The first kappa shape index (κ1) is 12.3. The highest BCUT2D eigenvalue weighted by Gasteiger charge is 2.01. The number of benzene rings is 1. The Hall–Kier alpha value is -0.670. The van der Waals surface area contributed by atoms with Crippen molar-refractivity contribution in [2.45, 2.75) is 13.8 Å².